The molecule has 5 nitrogen and oxygen atoms in total. The highest BCUT2D eigenvalue weighted by molar-refractivity contribution is 9.10. The van der Waals surface area contributed by atoms with Gasteiger partial charge in [-0.2, -0.15) is 9.37 Å². The van der Waals surface area contributed by atoms with Crippen molar-refractivity contribution in [2.75, 3.05) is 7.11 Å². The van der Waals surface area contributed by atoms with Crippen molar-refractivity contribution in [1.82, 2.24) is 10.1 Å². The number of nitrogens with zero attached hydrogens (tertiary/aromatic N) is 2. The van der Waals surface area contributed by atoms with Crippen LogP contribution >= 0.6 is 15.9 Å². The second-order valence-electron chi connectivity index (χ2n) is 3.28. The Morgan fingerprint density at radius 2 is 2.17 bits per heavy atom. The van der Waals surface area contributed by atoms with Gasteiger partial charge in [-0.15, -0.1) is 0 Å². The lowest BCUT2D eigenvalue weighted by molar-refractivity contribution is 0.369. The number of halogens is 3. The zero-order valence-corrected chi connectivity index (χ0v) is 10.8. The number of methoxy groups -OCH3 is 1. The van der Waals surface area contributed by atoms with Crippen LogP contribution in [0.15, 0.2) is 15.1 Å². The van der Waals surface area contributed by atoms with Crippen molar-refractivity contribution < 1.29 is 18.0 Å². The van der Waals surface area contributed by atoms with Gasteiger partial charge in [-0.25, -0.2) is 4.39 Å². The summed E-state index contributed by atoms with van der Waals surface area (Å²) >= 11 is 2.90. The van der Waals surface area contributed by atoms with Crippen molar-refractivity contribution in [1.29, 1.82) is 0 Å². The van der Waals surface area contributed by atoms with Crippen molar-refractivity contribution in [2.24, 2.45) is 5.73 Å². The molecule has 0 spiro atoms. The highest BCUT2D eigenvalue weighted by Gasteiger charge is 2.22. The molecule has 0 unspecified atom stereocenters. The summed E-state index contributed by atoms with van der Waals surface area (Å²) in [6.45, 7) is 0.0557. The van der Waals surface area contributed by atoms with E-state index in [-0.39, 0.29) is 34.0 Å². The molecule has 0 fully saturated rings. The maximum Gasteiger partial charge on any atom is 0.240 e. The van der Waals surface area contributed by atoms with Gasteiger partial charge in [-0.1, -0.05) is 5.16 Å². The van der Waals surface area contributed by atoms with Crippen LogP contribution in [-0.2, 0) is 6.54 Å². The number of aromatic nitrogens is 2. The van der Waals surface area contributed by atoms with Gasteiger partial charge in [0.15, 0.2) is 11.6 Å². The number of ether oxygens (including phenoxy) is 1. The third-order valence-electron chi connectivity index (χ3n) is 2.21. The average molecular weight is 320 g/mol. The monoisotopic (exact) mass is 319 g/mol. The molecule has 0 atom stereocenters. The summed E-state index contributed by atoms with van der Waals surface area (Å²) in [6, 6.07) is 1.31. The van der Waals surface area contributed by atoms with Gasteiger partial charge in [-0.3, -0.25) is 0 Å². The van der Waals surface area contributed by atoms with Crippen LogP contribution in [0.3, 0.4) is 0 Å². The summed E-state index contributed by atoms with van der Waals surface area (Å²) in [5.41, 5.74) is 5.50. The lowest BCUT2D eigenvalue weighted by Crippen LogP contribution is -1.98. The summed E-state index contributed by atoms with van der Waals surface area (Å²) in [5, 5.41) is 3.62. The van der Waals surface area contributed by atoms with Gasteiger partial charge in [0.25, 0.3) is 0 Å². The number of rotatable bonds is 3. The van der Waals surface area contributed by atoms with Crippen LogP contribution in [0.5, 0.6) is 5.75 Å². The van der Waals surface area contributed by atoms with E-state index in [9.17, 15) is 8.78 Å². The molecule has 0 amide bonds. The summed E-state index contributed by atoms with van der Waals surface area (Å²) in [5.74, 6) is -2.20. The SMILES string of the molecule is COc1c(-c2noc(CN)n2)cc(Br)c(F)c1F. The first-order valence-corrected chi connectivity index (χ1v) is 5.62. The predicted molar refractivity (Wildman–Crippen MR) is 61.8 cm³/mol. The van der Waals surface area contributed by atoms with E-state index in [1.165, 1.54) is 13.2 Å². The smallest absolute Gasteiger partial charge is 0.240 e. The predicted octanol–water partition coefficient (Wildman–Crippen LogP) is 2.24. The van der Waals surface area contributed by atoms with Crippen LogP contribution in [-0.4, -0.2) is 17.3 Å². The van der Waals surface area contributed by atoms with E-state index in [0.717, 1.165) is 0 Å². The van der Waals surface area contributed by atoms with Gasteiger partial charge in [0.1, 0.15) is 0 Å². The van der Waals surface area contributed by atoms with Gasteiger partial charge in [0, 0.05) is 0 Å². The summed E-state index contributed by atoms with van der Waals surface area (Å²) < 4.78 is 36.6. The zero-order chi connectivity index (χ0) is 13.3. The highest BCUT2D eigenvalue weighted by atomic mass is 79.9. The van der Waals surface area contributed by atoms with Crippen LogP contribution in [0.1, 0.15) is 5.89 Å². The Morgan fingerprint density at radius 1 is 1.44 bits per heavy atom. The molecule has 1 heterocycles. The van der Waals surface area contributed by atoms with Crippen molar-refractivity contribution in [3.63, 3.8) is 0 Å². The summed E-state index contributed by atoms with van der Waals surface area (Å²) in [7, 11) is 1.22. The average Bonchev–Trinajstić information content (AvgIpc) is 2.84. The zero-order valence-electron chi connectivity index (χ0n) is 9.21. The van der Waals surface area contributed by atoms with Gasteiger partial charge >= 0.3 is 0 Å². The van der Waals surface area contributed by atoms with Gasteiger partial charge in [0.05, 0.1) is 23.7 Å². The molecule has 0 aliphatic rings. The van der Waals surface area contributed by atoms with E-state index in [1.54, 1.807) is 0 Å². The Labute approximate surface area is 109 Å². The lowest BCUT2D eigenvalue weighted by atomic mass is 10.1. The minimum Gasteiger partial charge on any atom is -0.493 e. The molecule has 1 aromatic heterocycles. The topological polar surface area (TPSA) is 74.2 Å². The molecule has 18 heavy (non-hydrogen) atoms. The molecule has 0 saturated carbocycles. The highest BCUT2D eigenvalue weighted by Crippen LogP contribution is 2.35. The molecule has 2 N–H and O–H groups in total. The Bertz CT molecular complexity index is 589. The van der Waals surface area contributed by atoms with E-state index >= 15 is 0 Å². The van der Waals surface area contributed by atoms with E-state index in [1.807, 2.05) is 0 Å². The third kappa shape index (κ3) is 2.08. The maximum atomic E-state index is 13.7. The minimum atomic E-state index is -1.12. The molecule has 96 valence electrons. The summed E-state index contributed by atoms with van der Waals surface area (Å²) in [4.78, 5) is 3.93. The summed E-state index contributed by atoms with van der Waals surface area (Å²) in [6.07, 6.45) is 0. The number of nitrogens with two attached hydrogens (primary N) is 1. The molecule has 1 aromatic carbocycles. The van der Waals surface area contributed by atoms with Crippen molar-refractivity contribution in [3.05, 3.63) is 28.1 Å². The van der Waals surface area contributed by atoms with Crippen LogP contribution < -0.4 is 10.5 Å². The first-order valence-electron chi connectivity index (χ1n) is 4.83. The second-order valence-corrected chi connectivity index (χ2v) is 4.14. The molecule has 0 aliphatic carbocycles. The molecule has 0 bridgehead atoms. The lowest BCUT2D eigenvalue weighted by Gasteiger charge is -2.08. The van der Waals surface area contributed by atoms with Gasteiger partial charge < -0.3 is 15.0 Å². The Kier molecular flexibility index (Phi) is 3.58. The largest absolute Gasteiger partial charge is 0.493 e. The van der Waals surface area contributed by atoms with Crippen LogP contribution in [0, 0.1) is 11.6 Å². The first kappa shape index (κ1) is 12.9. The fourth-order valence-corrected chi connectivity index (χ4v) is 1.79. The van der Waals surface area contributed by atoms with E-state index in [4.69, 9.17) is 15.0 Å². The van der Waals surface area contributed by atoms with Crippen molar-refractivity contribution in [2.45, 2.75) is 6.54 Å². The van der Waals surface area contributed by atoms with Crippen LogP contribution in [0.2, 0.25) is 0 Å². The maximum absolute atomic E-state index is 13.7. The molecule has 0 aliphatic heterocycles. The number of hydrogen-bond donors (Lipinski definition) is 1. The number of hydrogen-bond acceptors (Lipinski definition) is 5. The first-order chi connectivity index (χ1) is 8.58. The quantitative estimate of drug-likeness (QED) is 0.878. The van der Waals surface area contributed by atoms with Crippen molar-refractivity contribution in [3.8, 4) is 17.1 Å². The van der Waals surface area contributed by atoms with E-state index in [2.05, 4.69) is 26.1 Å². The second kappa shape index (κ2) is 4.99. The standard InChI is InChI=1S/C10H8BrF2N3O2/c1-17-9-4(2-5(11)7(12)8(9)13)10-15-6(3-14)18-16-10/h2H,3,14H2,1H3. The van der Waals surface area contributed by atoms with Crippen LogP contribution in [0.4, 0.5) is 8.78 Å². The molecular formula is C10H8BrF2N3O2. The van der Waals surface area contributed by atoms with E-state index < -0.39 is 11.6 Å². The molecular weight excluding hydrogens is 312 g/mol. The Balaban J connectivity index is 2.63. The molecule has 2 rings (SSSR count). The molecule has 2 aromatic rings. The third-order valence-corrected chi connectivity index (χ3v) is 2.78. The molecule has 0 saturated heterocycles. The molecule has 8 heteroatoms. The van der Waals surface area contributed by atoms with Crippen LogP contribution in [0.25, 0.3) is 11.4 Å². The fraction of sp³-hybridized carbons (Fsp3) is 0.200. The van der Waals surface area contributed by atoms with Gasteiger partial charge in [0.2, 0.25) is 17.5 Å². The molecule has 0 radical (unpaired) electrons. The van der Waals surface area contributed by atoms with E-state index in [0.29, 0.717) is 0 Å². The number of benzene rings is 1. The fourth-order valence-electron chi connectivity index (χ4n) is 1.39. The Morgan fingerprint density at radius 3 is 2.72 bits per heavy atom. The normalized spacial score (nSPS) is 10.7. The Hall–Kier alpha value is -1.54. The van der Waals surface area contributed by atoms with Gasteiger partial charge in [-0.05, 0) is 22.0 Å². The minimum absolute atomic E-state index is 0.0557. The van der Waals surface area contributed by atoms with Crippen molar-refractivity contribution >= 4 is 15.9 Å².